The Morgan fingerprint density at radius 3 is 2.60 bits per heavy atom. The van der Waals surface area contributed by atoms with Crippen LogP contribution in [0.1, 0.15) is 30.9 Å². The van der Waals surface area contributed by atoms with Gasteiger partial charge in [-0.3, -0.25) is 0 Å². The summed E-state index contributed by atoms with van der Waals surface area (Å²) in [6, 6.07) is 10.3. The first-order valence-electron chi connectivity index (χ1n) is 11.9. The number of benzene rings is 2. The maximum absolute atomic E-state index is 14.8. The normalized spacial score (nSPS) is 16.7. The highest BCUT2D eigenvalue weighted by Gasteiger charge is 2.33. The molecule has 0 saturated carbocycles. The van der Waals surface area contributed by atoms with Crippen LogP contribution in [0.2, 0.25) is 0 Å². The Morgan fingerprint density at radius 1 is 1.11 bits per heavy atom. The van der Waals surface area contributed by atoms with E-state index in [2.05, 4.69) is 22.5 Å². The van der Waals surface area contributed by atoms with Crippen molar-refractivity contribution in [2.24, 2.45) is 0 Å². The largest absolute Gasteiger partial charge is 0.351 e. The molecular weight excluding hydrogens is 450 g/mol. The zero-order valence-electron chi connectivity index (χ0n) is 19.8. The minimum Gasteiger partial charge on any atom is -0.351 e. The van der Waals surface area contributed by atoms with Crippen LogP contribution in [0.3, 0.4) is 0 Å². The molecule has 5 rings (SSSR count). The highest BCUT2D eigenvalue weighted by Crippen LogP contribution is 2.38. The van der Waals surface area contributed by atoms with Crippen molar-refractivity contribution in [3.8, 4) is 11.3 Å². The van der Waals surface area contributed by atoms with Gasteiger partial charge in [-0.2, -0.15) is 4.98 Å². The molecule has 3 aromatic rings. The van der Waals surface area contributed by atoms with Gasteiger partial charge in [0.2, 0.25) is 5.95 Å². The van der Waals surface area contributed by atoms with Gasteiger partial charge in [0.25, 0.3) is 0 Å². The summed E-state index contributed by atoms with van der Waals surface area (Å²) in [7, 11) is 0. The number of aromatic nitrogens is 2. The number of urea groups is 1. The number of carbonyl (C=O) groups excluding carboxylic acids is 1. The number of fused-ring (bicyclic) bond motifs is 1. The Bertz CT molecular complexity index is 1260. The number of amides is 2. The molecule has 2 aliphatic heterocycles. The Labute approximate surface area is 203 Å². The summed E-state index contributed by atoms with van der Waals surface area (Å²) in [5.74, 6) is -0.180. The molecule has 182 valence electrons. The molecule has 0 radical (unpaired) electrons. The summed E-state index contributed by atoms with van der Waals surface area (Å²) >= 11 is 0. The maximum Gasteiger partial charge on any atom is 0.328 e. The third-order valence-electron chi connectivity index (χ3n) is 6.72. The summed E-state index contributed by atoms with van der Waals surface area (Å²) in [6.45, 7) is 7.12. The van der Waals surface area contributed by atoms with Crippen LogP contribution in [0, 0.1) is 18.6 Å². The molecule has 2 aliphatic rings. The highest BCUT2D eigenvalue weighted by molar-refractivity contribution is 6.02. The van der Waals surface area contributed by atoms with E-state index < -0.39 is 11.8 Å². The number of nitrogens with one attached hydrogen (secondary N) is 2. The van der Waals surface area contributed by atoms with E-state index in [9.17, 15) is 13.6 Å². The maximum atomic E-state index is 14.8. The first kappa shape index (κ1) is 23.2. The van der Waals surface area contributed by atoms with Crippen molar-refractivity contribution in [3.63, 3.8) is 0 Å². The van der Waals surface area contributed by atoms with E-state index in [0.29, 0.717) is 28.6 Å². The molecule has 3 heterocycles. The summed E-state index contributed by atoms with van der Waals surface area (Å²) in [6.07, 6.45) is 1.88. The molecule has 9 heteroatoms. The van der Waals surface area contributed by atoms with Crippen molar-refractivity contribution in [3.05, 3.63) is 65.2 Å². The average molecular weight is 479 g/mol. The Hall–Kier alpha value is -3.59. The first-order valence-corrected chi connectivity index (χ1v) is 11.9. The molecule has 35 heavy (non-hydrogen) atoms. The molecule has 0 atom stereocenters. The molecule has 7 nitrogen and oxygen atoms in total. The summed E-state index contributed by atoms with van der Waals surface area (Å²) in [4.78, 5) is 26.1. The summed E-state index contributed by atoms with van der Waals surface area (Å²) < 4.78 is 28.7. The van der Waals surface area contributed by atoms with Crippen LogP contribution in [0.5, 0.6) is 0 Å². The minimum absolute atomic E-state index is 0.105. The minimum atomic E-state index is -0.532. The molecule has 0 spiro atoms. The van der Waals surface area contributed by atoms with Crippen molar-refractivity contribution in [2.75, 3.05) is 29.9 Å². The molecule has 1 fully saturated rings. The van der Waals surface area contributed by atoms with Gasteiger partial charge < -0.3 is 15.5 Å². The van der Waals surface area contributed by atoms with E-state index in [4.69, 9.17) is 9.97 Å². The third-order valence-corrected chi connectivity index (χ3v) is 6.72. The van der Waals surface area contributed by atoms with Crippen LogP contribution < -0.4 is 15.5 Å². The molecule has 2 aromatic carbocycles. The summed E-state index contributed by atoms with van der Waals surface area (Å²) in [5, 5.41) is 6.25. The fraction of sp³-hybridized carbons (Fsp3) is 0.346. The van der Waals surface area contributed by atoms with Crippen LogP contribution >= 0.6 is 0 Å². The number of aryl methyl sites for hydroxylation is 1. The van der Waals surface area contributed by atoms with Crippen molar-refractivity contribution >= 4 is 23.5 Å². The lowest BCUT2D eigenvalue weighted by Crippen LogP contribution is -2.43. The van der Waals surface area contributed by atoms with E-state index >= 15 is 0 Å². The van der Waals surface area contributed by atoms with Gasteiger partial charge in [-0.25, -0.2) is 23.5 Å². The van der Waals surface area contributed by atoms with Gasteiger partial charge >= 0.3 is 6.03 Å². The topological polar surface area (TPSA) is 73.4 Å². The van der Waals surface area contributed by atoms with E-state index in [-0.39, 0.29) is 24.1 Å². The van der Waals surface area contributed by atoms with Gasteiger partial charge in [0.05, 0.1) is 17.9 Å². The van der Waals surface area contributed by atoms with E-state index in [1.807, 2.05) is 6.92 Å². The van der Waals surface area contributed by atoms with Crippen molar-refractivity contribution in [1.82, 2.24) is 20.2 Å². The van der Waals surface area contributed by atoms with E-state index in [1.54, 1.807) is 24.3 Å². The zero-order chi connectivity index (χ0) is 24.5. The van der Waals surface area contributed by atoms with Gasteiger partial charge in [0.1, 0.15) is 11.6 Å². The molecular formula is C26H28F2N6O. The second-order valence-electron chi connectivity index (χ2n) is 8.96. The van der Waals surface area contributed by atoms with E-state index in [0.717, 1.165) is 38.0 Å². The molecule has 1 saturated heterocycles. The van der Waals surface area contributed by atoms with Crippen molar-refractivity contribution < 1.29 is 13.6 Å². The Balaban J connectivity index is 1.63. The van der Waals surface area contributed by atoms with Crippen LogP contribution in [0.25, 0.3) is 11.3 Å². The fourth-order valence-corrected chi connectivity index (χ4v) is 4.77. The lowest BCUT2D eigenvalue weighted by molar-refractivity contribution is 0.229. The number of nitrogens with zero attached hydrogens (tertiary/aromatic N) is 4. The third kappa shape index (κ3) is 4.55. The number of rotatable bonds is 5. The molecule has 0 unspecified atom stereocenters. The highest BCUT2D eigenvalue weighted by atomic mass is 19.1. The number of hydrogen-bond donors (Lipinski definition) is 2. The molecule has 1 aromatic heterocycles. The molecule has 2 N–H and O–H groups in total. The zero-order valence-corrected chi connectivity index (χ0v) is 19.8. The monoisotopic (exact) mass is 478 g/mol. The number of likely N-dealkylation sites (tertiary alicyclic amines) is 1. The van der Waals surface area contributed by atoms with Crippen LogP contribution in [0.4, 0.5) is 31.0 Å². The average Bonchev–Trinajstić information content (AvgIpc) is 2.85. The fourth-order valence-electron chi connectivity index (χ4n) is 4.77. The smallest absolute Gasteiger partial charge is 0.328 e. The standard InChI is InChI=1S/C26H28F2N6O/c1-3-33-12-10-18(11-13-33)30-25-31-23(19-9-8-17(27)14-16(19)2)20-15-29-26(35)34(24(20)32-25)22-7-5-4-6-21(22)28/h4-9,14,18H,3,10-13,15H2,1-2H3,(H,29,35)(H,30,31,32). The van der Waals surface area contributed by atoms with Gasteiger partial charge in [0, 0.05) is 30.3 Å². The van der Waals surface area contributed by atoms with Gasteiger partial charge in [-0.1, -0.05) is 19.1 Å². The number of anilines is 3. The lowest BCUT2D eigenvalue weighted by Gasteiger charge is -2.33. The number of para-hydroxylation sites is 1. The molecule has 0 bridgehead atoms. The molecule has 2 amide bonds. The Kier molecular flexibility index (Phi) is 6.34. The first-order chi connectivity index (χ1) is 16.9. The van der Waals surface area contributed by atoms with Crippen molar-refractivity contribution in [2.45, 2.75) is 39.3 Å². The van der Waals surface area contributed by atoms with Gasteiger partial charge in [-0.15, -0.1) is 0 Å². The predicted molar refractivity (Wildman–Crippen MR) is 132 cm³/mol. The number of carbonyl (C=O) groups is 1. The quantitative estimate of drug-likeness (QED) is 0.541. The van der Waals surface area contributed by atoms with E-state index in [1.165, 1.54) is 23.1 Å². The number of piperidine rings is 1. The van der Waals surface area contributed by atoms with Gasteiger partial charge in [0.15, 0.2) is 5.82 Å². The van der Waals surface area contributed by atoms with Gasteiger partial charge in [-0.05, 0) is 62.2 Å². The van der Waals surface area contributed by atoms with Crippen molar-refractivity contribution in [1.29, 1.82) is 0 Å². The number of halogens is 2. The van der Waals surface area contributed by atoms with Crippen LogP contribution in [-0.2, 0) is 6.54 Å². The molecule has 0 aliphatic carbocycles. The second kappa shape index (κ2) is 9.58. The Morgan fingerprint density at radius 2 is 1.89 bits per heavy atom. The van der Waals surface area contributed by atoms with Crippen LogP contribution in [0.15, 0.2) is 42.5 Å². The van der Waals surface area contributed by atoms with Crippen LogP contribution in [-0.4, -0.2) is 46.6 Å². The second-order valence-corrected chi connectivity index (χ2v) is 8.96. The SMILES string of the molecule is CCN1CCC(Nc2nc(-c3ccc(F)cc3C)c3c(n2)N(c2ccccc2F)C(=O)NC3)CC1. The predicted octanol–water partition coefficient (Wildman–Crippen LogP) is 4.99. The lowest BCUT2D eigenvalue weighted by atomic mass is 10.00. The number of hydrogen-bond acceptors (Lipinski definition) is 5. The summed E-state index contributed by atoms with van der Waals surface area (Å²) in [5.41, 5.74) is 2.78.